The molecule has 0 aliphatic rings. The van der Waals surface area contributed by atoms with E-state index in [2.05, 4.69) is 5.32 Å². The number of rotatable bonds is 7. The van der Waals surface area contributed by atoms with Crippen molar-refractivity contribution in [3.05, 3.63) is 28.8 Å². The van der Waals surface area contributed by atoms with Crippen LogP contribution in [-0.4, -0.2) is 34.1 Å². The van der Waals surface area contributed by atoms with Crippen molar-refractivity contribution in [2.75, 3.05) is 25.7 Å². The van der Waals surface area contributed by atoms with Gasteiger partial charge in [-0.1, -0.05) is 23.7 Å². The molecule has 0 radical (unpaired) electrons. The number of hydrogen-bond donors (Lipinski definition) is 1. The number of benzene rings is 1. The van der Waals surface area contributed by atoms with Gasteiger partial charge in [0.1, 0.15) is 15.6 Å². The Kier molecular flexibility index (Phi) is 5.91. The lowest BCUT2D eigenvalue weighted by atomic mass is 10.2. The zero-order chi connectivity index (χ0) is 13.6. The van der Waals surface area contributed by atoms with Gasteiger partial charge in [-0.3, -0.25) is 0 Å². The van der Waals surface area contributed by atoms with Crippen LogP contribution in [0.4, 0.5) is 0 Å². The molecule has 0 saturated carbocycles. The van der Waals surface area contributed by atoms with Crippen LogP contribution in [0.25, 0.3) is 0 Å². The predicted octanol–water partition coefficient (Wildman–Crippen LogP) is 1.87. The highest BCUT2D eigenvalue weighted by Crippen LogP contribution is 2.28. The highest BCUT2D eigenvalue weighted by molar-refractivity contribution is 7.90. The second kappa shape index (κ2) is 6.97. The summed E-state index contributed by atoms with van der Waals surface area (Å²) in [6, 6.07) is 5.54. The van der Waals surface area contributed by atoms with E-state index in [9.17, 15) is 8.42 Å². The van der Waals surface area contributed by atoms with E-state index in [0.717, 1.165) is 5.56 Å². The van der Waals surface area contributed by atoms with Crippen LogP contribution in [-0.2, 0) is 16.4 Å². The van der Waals surface area contributed by atoms with Crippen molar-refractivity contribution in [2.24, 2.45) is 0 Å². The zero-order valence-electron chi connectivity index (χ0n) is 10.6. The van der Waals surface area contributed by atoms with Gasteiger partial charge in [0, 0.05) is 18.4 Å². The molecule has 102 valence electrons. The Morgan fingerprint density at radius 2 is 2.11 bits per heavy atom. The second-order valence-corrected chi connectivity index (χ2v) is 6.76. The summed E-state index contributed by atoms with van der Waals surface area (Å²) < 4.78 is 27.6. The summed E-state index contributed by atoms with van der Waals surface area (Å²) in [7, 11) is -1.09. The lowest BCUT2D eigenvalue weighted by Crippen LogP contribution is -2.11. The fourth-order valence-corrected chi connectivity index (χ4v) is 2.43. The van der Waals surface area contributed by atoms with Crippen molar-refractivity contribution in [1.82, 2.24) is 5.32 Å². The lowest BCUT2D eigenvalue weighted by molar-refractivity contribution is 0.314. The SMILES string of the molecule is CNCc1cccc(Cl)c1OCCCS(C)(=O)=O. The van der Waals surface area contributed by atoms with Gasteiger partial charge >= 0.3 is 0 Å². The topological polar surface area (TPSA) is 55.4 Å². The van der Waals surface area contributed by atoms with Crippen LogP contribution in [0, 0.1) is 0 Å². The Morgan fingerprint density at radius 1 is 1.39 bits per heavy atom. The maximum atomic E-state index is 11.0. The summed E-state index contributed by atoms with van der Waals surface area (Å²) in [6.07, 6.45) is 1.68. The number of halogens is 1. The highest BCUT2D eigenvalue weighted by atomic mass is 35.5. The summed E-state index contributed by atoms with van der Waals surface area (Å²) >= 11 is 6.06. The minimum absolute atomic E-state index is 0.124. The van der Waals surface area contributed by atoms with Gasteiger partial charge in [-0.05, 0) is 19.5 Å². The van der Waals surface area contributed by atoms with E-state index >= 15 is 0 Å². The lowest BCUT2D eigenvalue weighted by Gasteiger charge is -2.12. The Morgan fingerprint density at radius 3 is 2.72 bits per heavy atom. The first-order valence-electron chi connectivity index (χ1n) is 5.66. The van der Waals surface area contributed by atoms with E-state index in [1.54, 1.807) is 6.07 Å². The van der Waals surface area contributed by atoms with Crippen LogP contribution in [0.3, 0.4) is 0 Å². The highest BCUT2D eigenvalue weighted by Gasteiger charge is 2.08. The monoisotopic (exact) mass is 291 g/mol. The van der Waals surface area contributed by atoms with Gasteiger partial charge in [-0.15, -0.1) is 0 Å². The number of sulfone groups is 1. The minimum atomic E-state index is -2.93. The molecule has 1 rings (SSSR count). The first-order chi connectivity index (χ1) is 8.44. The summed E-state index contributed by atoms with van der Waals surface area (Å²) in [5.41, 5.74) is 0.962. The molecule has 6 heteroatoms. The Hall–Kier alpha value is -0.780. The molecule has 0 aliphatic carbocycles. The average molecular weight is 292 g/mol. The normalized spacial score (nSPS) is 11.5. The molecule has 4 nitrogen and oxygen atoms in total. The van der Waals surface area contributed by atoms with Gasteiger partial charge < -0.3 is 10.1 Å². The zero-order valence-corrected chi connectivity index (χ0v) is 12.1. The Bertz CT molecular complexity index is 488. The molecule has 0 amide bonds. The number of hydrogen-bond acceptors (Lipinski definition) is 4. The Balaban J connectivity index is 2.60. The summed E-state index contributed by atoms with van der Waals surface area (Å²) in [4.78, 5) is 0. The largest absolute Gasteiger partial charge is 0.492 e. The third-order valence-electron chi connectivity index (χ3n) is 2.32. The molecule has 1 aromatic carbocycles. The average Bonchev–Trinajstić information content (AvgIpc) is 2.26. The number of nitrogens with one attached hydrogen (secondary N) is 1. The third kappa shape index (κ3) is 5.25. The van der Waals surface area contributed by atoms with Crippen molar-refractivity contribution in [1.29, 1.82) is 0 Å². The molecule has 18 heavy (non-hydrogen) atoms. The van der Waals surface area contributed by atoms with Crippen molar-refractivity contribution >= 4 is 21.4 Å². The minimum Gasteiger partial charge on any atom is -0.492 e. The maximum absolute atomic E-state index is 11.0. The van der Waals surface area contributed by atoms with Gasteiger partial charge in [0.05, 0.1) is 17.4 Å². The molecule has 0 saturated heterocycles. The Labute approximate surface area is 113 Å². The molecule has 0 aliphatic heterocycles. The van der Waals surface area contributed by atoms with E-state index in [1.807, 2.05) is 19.2 Å². The van der Waals surface area contributed by atoms with Crippen LogP contribution in [0.15, 0.2) is 18.2 Å². The van der Waals surface area contributed by atoms with Crippen LogP contribution < -0.4 is 10.1 Å². The van der Waals surface area contributed by atoms with Crippen LogP contribution in [0.5, 0.6) is 5.75 Å². The molecule has 1 N–H and O–H groups in total. The van der Waals surface area contributed by atoms with Crippen LogP contribution in [0.2, 0.25) is 5.02 Å². The van der Waals surface area contributed by atoms with Gasteiger partial charge in [0.15, 0.2) is 0 Å². The molecule has 0 bridgehead atoms. The van der Waals surface area contributed by atoms with E-state index in [-0.39, 0.29) is 5.75 Å². The molecule has 0 aromatic heterocycles. The number of para-hydroxylation sites is 1. The van der Waals surface area contributed by atoms with Crippen molar-refractivity contribution in [3.63, 3.8) is 0 Å². The van der Waals surface area contributed by atoms with Crippen LogP contribution >= 0.6 is 11.6 Å². The summed E-state index contributed by atoms with van der Waals surface area (Å²) in [5.74, 6) is 0.751. The fourth-order valence-electron chi connectivity index (χ4n) is 1.54. The molecule has 1 aromatic rings. The van der Waals surface area contributed by atoms with E-state index < -0.39 is 9.84 Å². The smallest absolute Gasteiger partial charge is 0.147 e. The maximum Gasteiger partial charge on any atom is 0.147 e. The third-order valence-corrected chi connectivity index (χ3v) is 3.65. The van der Waals surface area contributed by atoms with Gasteiger partial charge in [-0.2, -0.15) is 0 Å². The van der Waals surface area contributed by atoms with Crippen molar-refractivity contribution in [2.45, 2.75) is 13.0 Å². The molecule has 0 fully saturated rings. The molecular weight excluding hydrogens is 274 g/mol. The molecule has 0 unspecified atom stereocenters. The number of ether oxygens (including phenoxy) is 1. The van der Waals surface area contributed by atoms with Crippen molar-refractivity contribution < 1.29 is 13.2 Å². The first kappa shape index (κ1) is 15.3. The quantitative estimate of drug-likeness (QED) is 0.779. The van der Waals surface area contributed by atoms with Gasteiger partial charge in [0.2, 0.25) is 0 Å². The standard InChI is InChI=1S/C12H18ClNO3S/c1-14-9-10-5-3-6-11(13)12(10)17-7-4-8-18(2,15)16/h3,5-6,14H,4,7-9H2,1-2H3. The molecule has 0 heterocycles. The second-order valence-electron chi connectivity index (χ2n) is 4.09. The summed E-state index contributed by atoms with van der Waals surface area (Å²) in [5, 5.41) is 3.58. The first-order valence-corrected chi connectivity index (χ1v) is 8.10. The van der Waals surface area contributed by atoms with E-state index in [0.29, 0.717) is 30.3 Å². The molecular formula is C12H18ClNO3S. The van der Waals surface area contributed by atoms with Gasteiger partial charge in [0.25, 0.3) is 0 Å². The van der Waals surface area contributed by atoms with E-state index in [1.165, 1.54) is 6.26 Å². The molecule has 0 atom stereocenters. The van der Waals surface area contributed by atoms with Crippen molar-refractivity contribution in [3.8, 4) is 5.75 Å². The van der Waals surface area contributed by atoms with E-state index in [4.69, 9.17) is 16.3 Å². The van der Waals surface area contributed by atoms with Gasteiger partial charge in [-0.25, -0.2) is 8.42 Å². The van der Waals surface area contributed by atoms with Crippen LogP contribution in [0.1, 0.15) is 12.0 Å². The fraction of sp³-hybridized carbons (Fsp3) is 0.500. The summed E-state index contributed by atoms with van der Waals surface area (Å²) in [6.45, 7) is 0.996. The molecule has 0 spiro atoms. The predicted molar refractivity (Wildman–Crippen MR) is 74.0 cm³/mol.